The van der Waals surface area contributed by atoms with E-state index in [4.69, 9.17) is 16.3 Å². The summed E-state index contributed by atoms with van der Waals surface area (Å²) in [5, 5.41) is 7.02. The van der Waals surface area contributed by atoms with Crippen molar-refractivity contribution in [1.29, 1.82) is 0 Å². The van der Waals surface area contributed by atoms with Crippen molar-refractivity contribution in [3.05, 3.63) is 46.2 Å². The summed E-state index contributed by atoms with van der Waals surface area (Å²) in [6.07, 6.45) is 8.91. The third-order valence-corrected chi connectivity index (χ3v) is 7.17. The summed E-state index contributed by atoms with van der Waals surface area (Å²) in [5.74, 6) is 2.87. The number of piperidine rings is 1. The van der Waals surface area contributed by atoms with Crippen LogP contribution in [0.2, 0.25) is 5.02 Å². The van der Waals surface area contributed by atoms with E-state index in [1.54, 1.807) is 12.4 Å². The molecule has 0 spiro atoms. The predicted molar refractivity (Wildman–Crippen MR) is 136 cm³/mol. The molecule has 1 aromatic carbocycles. The van der Waals surface area contributed by atoms with Crippen molar-refractivity contribution >= 4 is 23.5 Å². The van der Waals surface area contributed by atoms with Crippen LogP contribution in [0, 0.1) is 25.7 Å². The van der Waals surface area contributed by atoms with Gasteiger partial charge in [0.1, 0.15) is 5.75 Å². The summed E-state index contributed by atoms with van der Waals surface area (Å²) < 4.78 is 6.05. The molecule has 2 aromatic rings. The minimum atomic E-state index is 0.0174. The second kappa shape index (κ2) is 11.8. The normalized spacial score (nSPS) is 18.8. The van der Waals surface area contributed by atoms with E-state index in [-0.39, 0.29) is 5.91 Å². The fraction of sp³-hybridized carbons (Fsp3) is 0.577. The Kier molecular flexibility index (Phi) is 8.62. The number of halogens is 1. The maximum atomic E-state index is 12.7. The number of anilines is 1. The molecule has 4 rings (SSSR count). The van der Waals surface area contributed by atoms with Gasteiger partial charge in [-0.3, -0.25) is 4.79 Å². The standard InChI is InChI=1S/C26H36ClN5O2/c1-18-12-23(13-19(2)24(18)25(33)29-15-21-5-8-28-14-21)34-11-3-4-20-6-9-32(10-7-20)26-30-16-22(27)17-31-26/h12-13,16-17,20-21,28H,3-11,14-15H2,1-2H3,(H,29,33). The molecule has 0 radical (unpaired) electrons. The highest BCUT2D eigenvalue weighted by molar-refractivity contribution is 6.30. The van der Waals surface area contributed by atoms with Crippen molar-refractivity contribution < 1.29 is 9.53 Å². The highest BCUT2D eigenvalue weighted by atomic mass is 35.5. The second-order valence-corrected chi connectivity index (χ2v) is 10.1. The summed E-state index contributed by atoms with van der Waals surface area (Å²) in [7, 11) is 0. The van der Waals surface area contributed by atoms with Crippen LogP contribution in [0.3, 0.4) is 0 Å². The Morgan fingerprint density at radius 1 is 1.15 bits per heavy atom. The maximum Gasteiger partial charge on any atom is 0.251 e. The van der Waals surface area contributed by atoms with Gasteiger partial charge in [-0.25, -0.2) is 9.97 Å². The van der Waals surface area contributed by atoms with Gasteiger partial charge in [-0.15, -0.1) is 0 Å². The van der Waals surface area contributed by atoms with E-state index < -0.39 is 0 Å². The molecule has 0 saturated carbocycles. The van der Waals surface area contributed by atoms with E-state index in [9.17, 15) is 4.79 Å². The number of ether oxygens (including phenoxy) is 1. The van der Waals surface area contributed by atoms with Crippen molar-refractivity contribution in [1.82, 2.24) is 20.6 Å². The van der Waals surface area contributed by atoms with Crippen LogP contribution in [-0.4, -0.2) is 55.2 Å². The molecular weight excluding hydrogens is 450 g/mol. The predicted octanol–water partition coefficient (Wildman–Crippen LogP) is 4.16. The van der Waals surface area contributed by atoms with Gasteiger partial charge in [-0.05, 0) is 94.1 Å². The fourth-order valence-corrected chi connectivity index (χ4v) is 5.13. The molecule has 2 aliphatic rings. The molecule has 1 amide bonds. The summed E-state index contributed by atoms with van der Waals surface area (Å²) in [5.41, 5.74) is 2.71. The summed E-state index contributed by atoms with van der Waals surface area (Å²) >= 11 is 5.89. The van der Waals surface area contributed by atoms with Crippen LogP contribution in [0.25, 0.3) is 0 Å². The first-order valence-corrected chi connectivity index (χ1v) is 12.8. The number of aryl methyl sites for hydroxylation is 2. The van der Waals surface area contributed by atoms with Crippen LogP contribution in [0.1, 0.15) is 53.6 Å². The van der Waals surface area contributed by atoms with E-state index in [0.29, 0.717) is 23.5 Å². The molecule has 7 nitrogen and oxygen atoms in total. The van der Waals surface area contributed by atoms with Gasteiger partial charge in [-0.1, -0.05) is 11.6 Å². The van der Waals surface area contributed by atoms with Gasteiger partial charge in [-0.2, -0.15) is 0 Å². The topological polar surface area (TPSA) is 79.4 Å². The second-order valence-electron chi connectivity index (χ2n) is 9.62. The van der Waals surface area contributed by atoms with Gasteiger partial charge in [0, 0.05) is 25.2 Å². The molecule has 8 heteroatoms. The van der Waals surface area contributed by atoms with Crippen molar-refractivity contribution in [2.75, 3.05) is 44.2 Å². The molecule has 2 N–H and O–H groups in total. The molecule has 1 aromatic heterocycles. The van der Waals surface area contributed by atoms with Crippen molar-refractivity contribution in [3.63, 3.8) is 0 Å². The van der Waals surface area contributed by atoms with Crippen LogP contribution in [-0.2, 0) is 0 Å². The minimum Gasteiger partial charge on any atom is -0.494 e. The SMILES string of the molecule is Cc1cc(OCCCC2CCN(c3ncc(Cl)cn3)CC2)cc(C)c1C(=O)NCC1CCNC1. The zero-order valence-electron chi connectivity index (χ0n) is 20.3. The average molecular weight is 486 g/mol. The van der Waals surface area contributed by atoms with E-state index in [1.807, 2.05) is 26.0 Å². The van der Waals surface area contributed by atoms with Crippen molar-refractivity contribution in [3.8, 4) is 5.75 Å². The van der Waals surface area contributed by atoms with Gasteiger partial charge < -0.3 is 20.3 Å². The minimum absolute atomic E-state index is 0.0174. The van der Waals surface area contributed by atoms with E-state index >= 15 is 0 Å². The molecule has 2 fully saturated rings. The van der Waals surface area contributed by atoms with Crippen LogP contribution >= 0.6 is 11.6 Å². The van der Waals surface area contributed by atoms with Crippen LogP contribution in [0.15, 0.2) is 24.5 Å². The lowest BCUT2D eigenvalue weighted by molar-refractivity contribution is 0.0947. The first kappa shape index (κ1) is 24.7. The number of nitrogens with one attached hydrogen (secondary N) is 2. The first-order chi connectivity index (χ1) is 16.5. The molecule has 0 aliphatic carbocycles. The van der Waals surface area contributed by atoms with E-state index in [1.165, 1.54) is 0 Å². The number of hydrogen-bond donors (Lipinski definition) is 2. The Morgan fingerprint density at radius 2 is 1.85 bits per heavy atom. The van der Waals surface area contributed by atoms with E-state index in [0.717, 1.165) is 93.2 Å². The molecule has 0 bridgehead atoms. The van der Waals surface area contributed by atoms with E-state index in [2.05, 4.69) is 25.5 Å². The van der Waals surface area contributed by atoms with Gasteiger partial charge >= 0.3 is 0 Å². The number of hydrogen-bond acceptors (Lipinski definition) is 6. The molecule has 2 saturated heterocycles. The number of carbonyl (C=O) groups is 1. The Hall–Kier alpha value is -2.38. The van der Waals surface area contributed by atoms with Crippen LogP contribution in [0.5, 0.6) is 5.75 Å². The Morgan fingerprint density at radius 3 is 2.50 bits per heavy atom. The number of carbonyl (C=O) groups excluding carboxylic acids is 1. The average Bonchev–Trinajstić information content (AvgIpc) is 3.35. The molecule has 3 heterocycles. The highest BCUT2D eigenvalue weighted by Crippen LogP contribution is 2.26. The number of amides is 1. The molecule has 1 unspecified atom stereocenters. The smallest absolute Gasteiger partial charge is 0.251 e. The molecular formula is C26H36ClN5O2. The number of rotatable bonds is 9. The molecule has 34 heavy (non-hydrogen) atoms. The Bertz CT molecular complexity index is 931. The van der Waals surface area contributed by atoms with Gasteiger partial charge in [0.2, 0.25) is 5.95 Å². The van der Waals surface area contributed by atoms with Crippen molar-refractivity contribution in [2.24, 2.45) is 11.8 Å². The lowest BCUT2D eigenvalue weighted by atomic mass is 9.92. The van der Waals surface area contributed by atoms with Crippen LogP contribution in [0.4, 0.5) is 5.95 Å². The van der Waals surface area contributed by atoms with Crippen molar-refractivity contribution in [2.45, 2.75) is 46.0 Å². The Balaban J connectivity index is 1.18. The van der Waals surface area contributed by atoms with Gasteiger partial charge in [0.05, 0.1) is 24.0 Å². The summed E-state index contributed by atoms with van der Waals surface area (Å²) in [6.45, 7) is 9.39. The zero-order valence-corrected chi connectivity index (χ0v) is 21.0. The summed E-state index contributed by atoms with van der Waals surface area (Å²) in [6, 6.07) is 3.98. The van der Waals surface area contributed by atoms with Gasteiger partial charge in [0.15, 0.2) is 0 Å². The van der Waals surface area contributed by atoms with Gasteiger partial charge in [0.25, 0.3) is 5.91 Å². The molecule has 2 aliphatic heterocycles. The molecule has 184 valence electrons. The number of aromatic nitrogens is 2. The number of benzene rings is 1. The summed E-state index contributed by atoms with van der Waals surface area (Å²) in [4.78, 5) is 23.6. The lowest BCUT2D eigenvalue weighted by Gasteiger charge is -2.32. The Labute approximate surface area is 207 Å². The quantitative estimate of drug-likeness (QED) is 0.519. The van der Waals surface area contributed by atoms with Crippen LogP contribution < -0.4 is 20.3 Å². The monoisotopic (exact) mass is 485 g/mol. The largest absolute Gasteiger partial charge is 0.494 e. The molecule has 1 atom stereocenters. The first-order valence-electron chi connectivity index (χ1n) is 12.4. The lowest BCUT2D eigenvalue weighted by Crippen LogP contribution is -2.34. The number of nitrogens with zero attached hydrogens (tertiary/aromatic N) is 3. The highest BCUT2D eigenvalue weighted by Gasteiger charge is 2.21. The fourth-order valence-electron chi connectivity index (χ4n) is 5.03. The zero-order chi connectivity index (χ0) is 23.9. The third kappa shape index (κ3) is 6.60. The maximum absolute atomic E-state index is 12.7. The third-order valence-electron chi connectivity index (χ3n) is 6.98.